The van der Waals surface area contributed by atoms with Crippen LogP contribution in [0.25, 0.3) is 22.2 Å². The Morgan fingerprint density at radius 3 is 2.54 bits per heavy atom. The summed E-state index contributed by atoms with van der Waals surface area (Å²) in [6.07, 6.45) is 2.18. The smallest absolute Gasteiger partial charge is 0.231 e. The van der Waals surface area contributed by atoms with Crippen LogP contribution in [-0.2, 0) is 4.79 Å². The molecule has 1 aliphatic rings. The summed E-state index contributed by atoms with van der Waals surface area (Å²) < 4.78 is 23.6. The number of hydrogen-bond donors (Lipinski definition) is 2. The Labute approximate surface area is 147 Å². The summed E-state index contributed by atoms with van der Waals surface area (Å²) in [4.78, 5) is 27.5. The number of H-pyrrole nitrogens is 1. The summed E-state index contributed by atoms with van der Waals surface area (Å²) >= 11 is 0. The molecule has 0 saturated heterocycles. The molecule has 0 spiro atoms. The van der Waals surface area contributed by atoms with Gasteiger partial charge in [0.15, 0.2) is 0 Å². The first kappa shape index (κ1) is 16.2. The van der Waals surface area contributed by atoms with Crippen LogP contribution < -0.4 is 14.8 Å². The van der Waals surface area contributed by atoms with E-state index in [1.807, 2.05) is 6.07 Å². The van der Waals surface area contributed by atoms with Gasteiger partial charge in [-0.2, -0.15) is 0 Å². The van der Waals surface area contributed by atoms with Crippen molar-refractivity contribution < 1.29 is 18.7 Å². The quantitative estimate of drug-likeness (QED) is 0.727. The van der Waals surface area contributed by atoms with E-state index in [1.165, 1.54) is 20.5 Å². The average molecular weight is 357 g/mol. The first-order chi connectivity index (χ1) is 12.6. The van der Waals surface area contributed by atoms with E-state index in [1.54, 1.807) is 12.3 Å². The number of nitrogens with zero attached hydrogens (tertiary/aromatic N) is 3. The van der Waals surface area contributed by atoms with Crippen molar-refractivity contribution in [2.45, 2.75) is 12.6 Å². The number of nitrogens with one attached hydrogen (secondary N) is 2. The van der Waals surface area contributed by atoms with Crippen LogP contribution >= 0.6 is 0 Å². The molecule has 2 atom stereocenters. The molecule has 9 heteroatoms. The van der Waals surface area contributed by atoms with Gasteiger partial charge in [-0.1, -0.05) is 0 Å². The van der Waals surface area contributed by atoms with Crippen molar-refractivity contribution in [3.8, 4) is 23.0 Å². The molecule has 2 unspecified atom stereocenters. The molecule has 0 aliphatic heterocycles. The predicted octanol–water partition coefficient (Wildman–Crippen LogP) is 2.33. The van der Waals surface area contributed by atoms with Gasteiger partial charge in [0.25, 0.3) is 0 Å². The monoisotopic (exact) mass is 357 g/mol. The Morgan fingerprint density at radius 2 is 1.92 bits per heavy atom. The van der Waals surface area contributed by atoms with Gasteiger partial charge in [0.2, 0.25) is 17.7 Å². The highest BCUT2D eigenvalue weighted by Crippen LogP contribution is 2.37. The maximum atomic E-state index is 13.0. The van der Waals surface area contributed by atoms with Crippen molar-refractivity contribution in [1.82, 2.24) is 19.9 Å². The topological polar surface area (TPSA) is 102 Å². The Morgan fingerprint density at radius 1 is 1.23 bits per heavy atom. The maximum Gasteiger partial charge on any atom is 0.231 e. The number of aromatic nitrogens is 4. The third-order valence-corrected chi connectivity index (χ3v) is 4.24. The van der Waals surface area contributed by atoms with Crippen LogP contribution in [0.5, 0.6) is 11.8 Å². The van der Waals surface area contributed by atoms with Crippen molar-refractivity contribution in [2.24, 2.45) is 5.92 Å². The van der Waals surface area contributed by atoms with E-state index < -0.39 is 12.1 Å². The van der Waals surface area contributed by atoms with Crippen LogP contribution in [0.3, 0.4) is 0 Å². The second-order valence-electron chi connectivity index (χ2n) is 5.95. The molecule has 134 valence electrons. The van der Waals surface area contributed by atoms with Gasteiger partial charge in [0.05, 0.1) is 37.5 Å². The zero-order valence-electron chi connectivity index (χ0n) is 14.1. The van der Waals surface area contributed by atoms with Crippen molar-refractivity contribution >= 4 is 22.6 Å². The summed E-state index contributed by atoms with van der Waals surface area (Å²) in [7, 11) is 3.03. The lowest BCUT2D eigenvalue weighted by Gasteiger charge is -2.08. The second-order valence-corrected chi connectivity index (χ2v) is 5.95. The van der Waals surface area contributed by atoms with Crippen molar-refractivity contribution in [1.29, 1.82) is 0 Å². The minimum atomic E-state index is -1.05. The number of amides is 1. The number of alkyl halides is 1. The fraction of sp³-hybridized carbons (Fsp3) is 0.294. The minimum Gasteiger partial charge on any atom is -0.480 e. The predicted molar refractivity (Wildman–Crippen MR) is 91.9 cm³/mol. The largest absolute Gasteiger partial charge is 0.480 e. The number of rotatable bonds is 5. The highest BCUT2D eigenvalue weighted by atomic mass is 19.1. The Kier molecular flexibility index (Phi) is 3.90. The van der Waals surface area contributed by atoms with Crippen LogP contribution in [0.1, 0.15) is 6.42 Å². The summed E-state index contributed by atoms with van der Waals surface area (Å²) in [5, 5.41) is 3.45. The highest BCUT2D eigenvalue weighted by Gasteiger charge is 2.43. The molecule has 1 saturated carbocycles. The average Bonchev–Trinajstić information content (AvgIpc) is 3.24. The van der Waals surface area contributed by atoms with Crippen molar-refractivity contribution in [3.05, 3.63) is 24.7 Å². The molecule has 3 aromatic heterocycles. The molecular formula is C17H16FN5O3. The van der Waals surface area contributed by atoms with Gasteiger partial charge in [-0.3, -0.25) is 4.79 Å². The van der Waals surface area contributed by atoms with Crippen LogP contribution in [0.15, 0.2) is 24.7 Å². The van der Waals surface area contributed by atoms with E-state index in [4.69, 9.17) is 9.47 Å². The summed E-state index contributed by atoms with van der Waals surface area (Å²) in [5.74, 6) is 0.194. The highest BCUT2D eigenvalue weighted by molar-refractivity contribution is 5.96. The number of aromatic amines is 1. The van der Waals surface area contributed by atoms with Gasteiger partial charge in [0.1, 0.15) is 23.9 Å². The fourth-order valence-electron chi connectivity index (χ4n) is 2.78. The molecule has 0 aromatic carbocycles. The maximum absolute atomic E-state index is 13.0. The number of halogens is 1. The van der Waals surface area contributed by atoms with E-state index in [2.05, 4.69) is 25.3 Å². The number of carbonyl (C=O) groups excluding carboxylic acids is 1. The minimum absolute atomic E-state index is 0.274. The Hall–Kier alpha value is -3.23. The molecule has 1 amide bonds. The second kappa shape index (κ2) is 6.25. The number of pyridine rings is 1. The summed E-state index contributed by atoms with van der Waals surface area (Å²) in [5.41, 5.74) is 2.02. The number of anilines is 1. The molecule has 8 nitrogen and oxygen atoms in total. The van der Waals surface area contributed by atoms with Crippen LogP contribution in [0, 0.1) is 5.92 Å². The molecule has 26 heavy (non-hydrogen) atoms. The molecule has 2 N–H and O–H groups in total. The lowest BCUT2D eigenvalue weighted by Crippen LogP contribution is -2.15. The standard InChI is InChI=1S/C17H16FN5O3/c1-25-16-14(17(26-2)21-7-20-16)11-3-8-4-13(19-6-12(8)22-11)23-15(24)9-5-10(9)18/h3-4,6-7,9-10,22H,5H2,1-2H3,(H,19,23,24). The Bertz CT molecular complexity index is 967. The van der Waals surface area contributed by atoms with Gasteiger partial charge < -0.3 is 19.8 Å². The van der Waals surface area contributed by atoms with E-state index in [0.717, 1.165) is 10.9 Å². The van der Waals surface area contributed by atoms with Gasteiger partial charge in [-0.05, 0) is 18.6 Å². The first-order valence-electron chi connectivity index (χ1n) is 7.97. The van der Waals surface area contributed by atoms with Crippen molar-refractivity contribution in [3.63, 3.8) is 0 Å². The Balaban J connectivity index is 1.69. The van der Waals surface area contributed by atoms with Crippen LogP contribution in [0.4, 0.5) is 10.2 Å². The molecule has 1 fully saturated rings. The van der Waals surface area contributed by atoms with E-state index in [9.17, 15) is 9.18 Å². The first-order valence-corrected chi connectivity index (χ1v) is 7.97. The zero-order valence-corrected chi connectivity index (χ0v) is 14.1. The third-order valence-electron chi connectivity index (χ3n) is 4.24. The number of hydrogen-bond acceptors (Lipinski definition) is 6. The van der Waals surface area contributed by atoms with Gasteiger partial charge in [-0.15, -0.1) is 0 Å². The van der Waals surface area contributed by atoms with E-state index in [0.29, 0.717) is 28.8 Å². The van der Waals surface area contributed by atoms with Crippen molar-refractivity contribution in [2.75, 3.05) is 19.5 Å². The molecule has 0 radical (unpaired) electrons. The number of fused-ring (bicyclic) bond motifs is 1. The molecule has 0 bridgehead atoms. The molecule has 1 aliphatic carbocycles. The normalized spacial score (nSPS) is 18.6. The van der Waals surface area contributed by atoms with Gasteiger partial charge in [0, 0.05) is 5.39 Å². The third kappa shape index (κ3) is 2.81. The van der Waals surface area contributed by atoms with Crippen LogP contribution in [-0.4, -0.2) is 46.2 Å². The lowest BCUT2D eigenvalue weighted by molar-refractivity contribution is -0.117. The molecule has 3 aromatic rings. The molecule has 4 rings (SSSR count). The van der Waals surface area contributed by atoms with Crippen LogP contribution in [0.2, 0.25) is 0 Å². The number of methoxy groups -OCH3 is 2. The van der Waals surface area contributed by atoms with Gasteiger partial charge >= 0.3 is 0 Å². The lowest BCUT2D eigenvalue weighted by atomic mass is 10.2. The summed E-state index contributed by atoms with van der Waals surface area (Å²) in [6.45, 7) is 0. The number of ether oxygens (including phenoxy) is 2. The number of carbonyl (C=O) groups is 1. The zero-order chi connectivity index (χ0) is 18.3. The summed E-state index contributed by atoms with van der Waals surface area (Å²) in [6, 6.07) is 3.57. The fourth-order valence-corrected chi connectivity index (χ4v) is 2.78. The van der Waals surface area contributed by atoms with E-state index >= 15 is 0 Å². The SMILES string of the molecule is COc1ncnc(OC)c1-c1cc2cc(NC(=O)C3CC3F)ncc2[nH]1. The molecule has 3 heterocycles. The molecular weight excluding hydrogens is 341 g/mol. The van der Waals surface area contributed by atoms with E-state index in [-0.39, 0.29) is 12.3 Å². The van der Waals surface area contributed by atoms with Gasteiger partial charge in [-0.25, -0.2) is 19.3 Å².